The Morgan fingerprint density at radius 3 is 2.65 bits per heavy atom. The Morgan fingerprint density at radius 1 is 1.09 bits per heavy atom. The van der Waals surface area contributed by atoms with E-state index in [9.17, 15) is 0 Å². The Kier molecular flexibility index (Phi) is 4.43. The van der Waals surface area contributed by atoms with Crippen LogP contribution in [0.25, 0.3) is 10.2 Å². The van der Waals surface area contributed by atoms with Gasteiger partial charge in [0.25, 0.3) is 0 Å². The third kappa shape index (κ3) is 3.12. The van der Waals surface area contributed by atoms with E-state index in [1.165, 1.54) is 4.70 Å². The molecule has 5 nitrogen and oxygen atoms in total. The van der Waals surface area contributed by atoms with E-state index in [1.807, 2.05) is 41.9 Å². The molecule has 0 atom stereocenters. The monoisotopic (exact) mass is 327 g/mol. The van der Waals surface area contributed by atoms with Crippen LogP contribution in [0.5, 0.6) is 11.5 Å². The zero-order valence-corrected chi connectivity index (χ0v) is 14.0. The van der Waals surface area contributed by atoms with E-state index in [4.69, 9.17) is 9.47 Å². The zero-order valence-electron chi connectivity index (χ0n) is 13.2. The predicted molar refractivity (Wildman–Crippen MR) is 93.5 cm³/mol. The number of fused-ring (bicyclic) bond motifs is 1. The molecule has 3 rings (SSSR count). The summed E-state index contributed by atoms with van der Waals surface area (Å²) in [5.74, 6) is 1.44. The highest BCUT2D eigenvalue weighted by atomic mass is 32.1. The molecule has 0 radical (unpaired) electrons. The maximum atomic E-state index is 5.35. The molecular weight excluding hydrogens is 310 g/mol. The van der Waals surface area contributed by atoms with Crippen molar-refractivity contribution in [2.24, 2.45) is 17.3 Å². The van der Waals surface area contributed by atoms with Gasteiger partial charge in [-0.2, -0.15) is 5.10 Å². The second-order valence-electron chi connectivity index (χ2n) is 4.86. The Hall–Kier alpha value is -2.60. The van der Waals surface area contributed by atoms with Gasteiger partial charge in [0.2, 0.25) is 4.80 Å². The Bertz CT molecular complexity index is 925. The highest BCUT2D eigenvalue weighted by Crippen LogP contribution is 2.23. The highest BCUT2D eigenvalue weighted by molar-refractivity contribution is 7.16. The number of methoxy groups -OCH3 is 2. The molecule has 0 bridgehead atoms. The minimum atomic E-state index is 0.698. The average molecular weight is 327 g/mol. The summed E-state index contributed by atoms with van der Waals surface area (Å²) in [5.41, 5.74) is 1.99. The SMILES string of the molecule is COc1ccc(/C=N\N=c2\sc3ccccc3n2C)c(OC)c1. The van der Waals surface area contributed by atoms with Gasteiger partial charge in [0, 0.05) is 18.7 Å². The van der Waals surface area contributed by atoms with Crippen molar-refractivity contribution in [3.63, 3.8) is 0 Å². The number of nitrogens with zero attached hydrogens (tertiary/aromatic N) is 3. The van der Waals surface area contributed by atoms with Crippen LogP contribution in [0.4, 0.5) is 0 Å². The van der Waals surface area contributed by atoms with E-state index in [-0.39, 0.29) is 0 Å². The fourth-order valence-corrected chi connectivity index (χ4v) is 3.22. The number of aryl methyl sites for hydroxylation is 1. The van der Waals surface area contributed by atoms with Gasteiger partial charge in [0.05, 0.1) is 30.7 Å². The van der Waals surface area contributed by atoms with E-state index in [0.29, 0.717) is 5.75 Å². The molecule has 0 saturated heterocycles. The lowest BCUT2D eigenvalue weighted by molar-refractivity contribution is 0.394. The molecule has 0 unspecified atom stereocenters. The number of thiazole rings is 1. The third-order valence-corrected chi connectivity index (χ3v) is 4.60. The Balaban J connectivity index is 1.95. The van der Waals surface area contributed by atoms with Crippen molar-refractivity contribution in [3.05, 3.63) is 52.8 Å². The molecular formula is C17H17N3O2S. The summed E-state index contributed by atoms with van der Waals surface area (Å²) in [4.78, 5) is 0.843. The molecule has 23 heavy (non-hydrogen) atoms. The maximum Gasteiger partial charge on any atom is 0.211 e. The molecule has 3 aromatic rings. The van der Waals surface area contributed by atoms with Gasteiger partial charge in [-0.3, -0.25) is 0 Å². The summed E-state index contributed by atoms with van der Waals surface area (Å²) < 4.78 is 13.7. The molecule has 0 aliphatic rings. The van der Waals surface area contributed by atoms with Gasteiger partial charge in [-0.1, -0.05) is 23.5 Å². The minimum absolute atomic E-state index is 0.698. The smallest absolute Gasteiger partial charge is 0.211 e. The van der Waals surface area contributed by atoms with Gasteiger partial charge < -0.3 is 14.0 Å². The Labute approximate surface area is 138 Å². The van der Waals surface area contributed by atoms with Crippen LogP contribution in [0.1, 0.15) is 5.56 Å². The molecule has 0 amide bonds. The lowest BCUT2D eigenvalue weighted by Crippen LogP contribution is -2.08. The van der Waals surface area contributed by atoms with Crippen LogP contribution in [-0.2, 0) is 7.05 Å². The first-order valence-corrected chi connectivity index (χ1v) is 7.88. The van der Waals surface area contributed by atoms with Crippen molar-refractivity contribution < 1.29 is 9.47 Å². The standard InChI is InChI=1S/C17H17N3O2S/c1-20-14-6-4-5-7-16(14)23-17(20)19-18-11-12-8-9-13(21-2)10-15(12)22-3/h4-11H,1-3H3/b18-11-,19-17+. The van der Waals surface area contributed by atoms with Crippen molar-refractivity contribution >= 4 is 27.8 Å². The van der Waals surface area contributed by atoms with E-state index in [1.54, 1.807) is 31.8 Å². The van der Waals surface area contributed by atoms with Crippen LogP contribution < -0.4 is 14.3 Å². The lowest BCUT2D eigenvalue weighted by atomic mass is 10.2. The highest BCUT2D eigenvalue weighted by Gasteiger charge is 2.03. The maximum absolute atomic E-state index is 5.35. The molecule has 1 heterocycles. The normalized spacial score (nSPS) is 12.2. The first kappa shape index (κ1) is 15.3. The molecule has 0 fully saturated rings. The van der Waals surface area contributed by atoms with E-state index in [2.05, 4.69) is 22.3 Å². The second-order valence-corrected chi connectivity index (χ2v) is 5.87. The van der Waals surface area contributed by atoms with Gasteiger partial charge in [0.1, 0.15) is 11.5 Å². The van der Waals surface area contributed by atoms with Crippen molar-refractivity contribution in [2.45, 2.75) is 0 Å². The molecule has 0 spiro atoms. The summed E-state index contributed by atoms with van der Waals surface area (Å²) in [6.45, 7) is 0. The quantitative estimate of drug-likeness (QED) is 0.546. The minimum Gasteiger partial charge on any atom is -0.497 e. The van der Waals surface area contributed by atoms with Crippen LogP contribution in [-0.4, -0.2) is 25.0 Å². The number of para-hydroxylation sites is 1. The van der Waals surface area contributed by atoms with Crippen molar-refractivity contribution in [3.8, 4) is 11.5 Å². The third-order valence-electron chi connectivity index (χ3n) is 3.50. The topological polar surface area (TPSA) is 48.1 Å². The fraction of sp³-hybridized carbons (Fsp3) is 0.176. The van der Waals surface area contributed by atoms with E-state index in [0.717, 1.165) is 21.6 Å². The van der Waals surface area contributed by atoms with Crippen LogP contribution in [0.15, 0.2) is 52.7 Å². The predicted octanol–water partition coefficient (Wildman–Crippen LogP) is 3.19. The van der Waals surface area contributed by atoms with Gasteiger partial charge in [0.15, 0.2) is 0 Å². The van der Waals surface area contributed by atoms with Gasteiger partial charge >= 0.3 is 0 Å². The number of hydrogen-bond acceptors (Lipinski definition) is 5. The van der Waals surface area contributed by atoms with Crippen molar-refractivity contribution in [1.29, 1.82) is 0 Å². The van der Waals surface area contributed by atoms with Gasteiger partial charge in [-0.15, -0.1) is 5.10 Å². The molecule has 0 N–H and O–H groups in total. The zero-order chi connectivity index (χ0) is 16.2. The lowest BCUT2D eigenvalue weighted by Gasteiger charge is -2.06. The number of benzene rings is 2. The largest absolute Gasteiger partial charge is 0.497 e. The van der Waals surface area contributed by atoms with Crippen LogP contribution >= 0.6 is 11.3 Å². The number of aromatic nitrogens is 1. The first-order valence-electron chi connectivity index (χ1n) is 7.06. The molecule has 2 aromatic carbocycles. The first-order chi connectivity index (χ1) is 11.2. The average Bonchev–Trinajstić information content (AvgIpc) is 2.91. The number of hydrogen-bond donors (Lipinski definition) is 0. The fourth-order valence-electron chi connectivity index (χ4n) is 2.24. The van der Waals surface area contributed by atoms with E-state index >= 15 is 0 Å². The van der Waals surface area contributed by atoms with Crippen LogP contribution in [0.2, 0.25) is 0 Å². The molecule has 1 aromatic heterocycles. The summed E-state index contributed by atoms with van der Waals surface area (Å²) in [7, 11) is 5.23. The summed E-state index contributed by atoms with van der Waals surface area (Å²) in [6, 6.07) is 13.8. The van der Waals surface area contributed by atoms with Gasteiger partial charge in [-0.05, 0) is 24.3 Å². The molecule has 118 valence electrons. The number of ether oxygens (including phenoxy) is 2. The van der Waals surface area contributed by atoms with Gasteiger partial charge in [-0.25, -0.2) is 0 Å². The van der Waals surface area contributed by atoms with Crippen molar-refractivity contribution in [2.75, 3.05) is 14.2 Å². The summed E-state index contributed by atoms with van der Waals surface area (Å²) >= 11 is 1.61. The summed E-state index contributed by atoms with van der Waals surface area (Å²) in [6.07, 6.45) is 1.68. The molecule has 0 saturated carbocycles. The molecule has 0 aliphatic heterocycles. The molecule has 0 aliphatic carbocycles. The number of rotatable bonds is 4. The Morgan fingerprint density at radius 2 is 1.91 bits per heavy atom. The van der Waals surface area contributed by atoms with Crippen LogP contribution in [0, 0.1) is 0 Å². The molecule has 6 heteroatoms. The summed E-state index contributed by atoms with van der Waals surface area (Å²) in [5, 5.41) is 8.52. The van der Waals surface area contributed by atoms with E-state index < -0.39 is 0 Å². The van der Waals surface area contributed by atoms with Crippen molar-refractivity contribution in [1.82, 2.24) is 4.57 Å². The second kappa shape index (κ2) is 6.66. The van der Waals surface area contributed by atoms with Crippen LogP contribution in [0.3, 0.4) is 0 Å².